The summed E-state index contributed by atoms with van der Waals surface area (Å²) in [6.07, 6.45) is 1.98. The van der Waals surface area contributed by atoms with Crippen LogP contribution in [0, 0.1) is 6.92 Å². The Bertz CT molecular complexity index is 501. The molecule has 88 valence electrons. The number of fused-ring (bicyclic) bond motifs is 1. The number of benzene rings is 1. The number of nitrogens with zero attached hydrogens (tertiary/aromatic N) is 1. The van der Waals surface area contributed by atoms with Gasteiger partial charge in [0.15, 0.2) is 5.76 Å². The number of amides is 1. The number of hydrogen-bond acceptors (Lipinski definition) is 2. The molecule has 0 aromatic heterocycles. The third-order valence-electron chi connectivity index (χ3n) is 3.67. The zero-order valence-corrected chi connectivity index (χ0v) is 9.81. The first-order valence-electron chi connectivity index (χ1n) is 5.99. The lowest BCUT2D eigenvalue weighted by molar-refractivity contribution is -0.128. The molecule has 1 aromatic carbocycles. The summed E-state index contributed by atoms with van der Waals surface area (Å²) in [5.74, 6) is -0.262. The number of hydrogen-bond donors (Lipinski definition) is 1. The maximum Gasteiger partial charge on any atom is 0.289 e. The molecule has 3 nitrogen and oxygen atoms in total. The quantitative estimate of drug-likeness (QED) is 0.802. The second kappa shape index (κ2) is 3.62. The van der Waals surface area contributed by atoms with E-state index >= 15 is 0 Å². The average Bonchev–Trinajstić information content (AvgIpc) is 2.87. The Morgan fingerprint density at radius 2 is 2.00 bits per heavy atom. The summed E-state index contributed by atoms with van der Waals surface area (Å²) in [6.45, 7) is 2.79. The first-order valence-corrected chi connectivity index (χ1v) is 5.99. The maximum absolute atomic E-state index is 11.9. The fourth-order valence-electron chi connectivity index (χ4n) is 2.78. The monoisotopic (exact) mass is 229 g/mol. The molecule has 1 saturated heterocycles. The number of carbonyl (C=O) groups is 1. The zero-order chi connectivity index (χ0) is 12.0. The van der Waals surface area contributed by atoms with Crippen molar-refractivity contribution in [2.24, 2.45) is 0 Å². The van der Waals surface area contributed by atoms with Gasteiger partial charge in [-0.05, 0) is 25.3 Å². The third kappa shape index (κ3) is 1.46. The molecule has 1 atom stereocenters. The van der Waals surface area contributed by atoms with Crippen LogP contribution in [0.15, 0.2) is 30.0 Å². The molecule has 3 rings (SSSR count). The van der Waals surface area contributed by atoms with Crippen LogP contribution in [-0.4, -0.2) is 28.5 Å². The minimum absolute atomic E-state index is 0.0569. The summed E-state index contributed by atoms with van der Waals surface area (Å²) < 4.78 is 0. The van der Waals surface area contributed by atoms with E-state index in [0.717, 1.165) is 30.5 Å². The smallest absolute Gasteiger partial charge is 0.289 e. The van der Waals surface area contributed by atoms with Gasteiger partial charge in [-0.2, -0.15) is 0 Å². The highest BCUT2D eigenvalue weighted by Gasteiger charge is 2.42. The van der Waals surface area contributed by atoms with Crippen molar-refractivity contribution in [3.05, 3.63) is 41.2 Å². The van der Waals surface area contributed by atoms with E-state index in [4.69, 9.17) is 0 Å². The molecule has 2 aliphatic rings. The molecule has 1 amide bonds. The van der Waals surface area contributed by atoms with E-state index in [0.29, 0.717) is 0 Å². The van der Waals surface area contributed by atoms with E-state index in [9.17, 15) is 9.90 Å². The number of aryl methyl sites for hydroxylation is 1. The summed E-state index contributed by atoms with van der Waals surface area (Å²) in [5.41, 5.74) is 2.96. The van der Waals surface area contributed by atoms with Crippen LogP contribution in [0.1, 0.15) is 24.0 Å². The predicted octanol–water partition coefficient (Wildman–Crippen LogP) is 2.27. The van der Waals surface area contributed by atoms with Crippen LogP contribution >= 0.6 is 0 Å². The number of rotatable bonds is 1. The van der Waals surface area contributed by atoms with E-state index in [-0.39, 0.29) is 17.7 Å². The molecule has 2 aliphatic heterocycles. The second-order valence-electron chi connectivity index (χ2n) is 4.78. The number of aliphatic hydroxyl groups excluding tert-OH is 1. The highest BCUT2D eigenvalue weighted by atomic mass is 16.3. The van der Waals surface area contributed by atoms with Gasteiger partial charge in [0, 0.05) is 12.1 Å². The molecular weight excluding hydrogens is 214 g/mol. The molecular formula is C14H15NO2. The van der Waals surface area contributed by atoms with Crippen molar-refractivity contribution in [3.63, 3.8) is 0 Å². The van der Waals surface area contributed by atoms with Crippen molar-refractivity contribution in [1.82, 2.24) is 4.90 Å². The van der Waals surface area contributed by atoms with Gasteiger partial charge in [-0.25, -0.2) is 0 Å². The van der Waals surface area contributed by atoms with Gasteiger partial charge < -0.3 is 10.0 Å². The molecule has 17 heavy (non-hydrogen) atoms. The maximum atomic E-state index is 11.9. The second-order valence-corrected chi connectivity index (χ2v) is 4.78. The van der Waals surface area contributed by atoms with E-state index in [2.05, 4.69) is 0 Å². The lowest BCUT2D eigenvalue weighted by Gasteiger charge is -2.17. The summed E-state index contributed by atoms with van der Waals surface area (Å²) in [4.78, 5) is 13.6. The highest BCUT2D eigenvalue weighted by molar-refractivity contribution is 6.05. The summed E-state index contributed by atoms with van der Waals surface area (Å²) in [6, 6.07) is 8.08. The van der Waals surface area contributed by atoms with Gasteiger partial charge in [0.2, 0.25) is 0 Å². The highest BCUT2D eigenvalue weighted by Crippen LogP contribution is 2.38. The van der Waals surface area contributed by atoms with Crippen LogP contribution in [0.4, 0.5) is 0 Å². The van der Waals surface area contributed by atoms with Gasteiger partial charge in [-0.15, -0.1) is 0 Å². The fraction of sp³-hybridized carbons (Fsp3) is 0.357. The predicted molar refractivity (Wildman–Crippen MR) is 65.5 cm³/mol. The average molecular weight is 229 g/mol. The number of aliphatic hydroxyl groups is 1. The molecule has 0 aliphatic carbocycles. The van der Waals surface area contributed by atoms with Crippen LogP contribution in [0.25, 0.3) is 5.57 Å². The molecule has 1 unspecified atom stereocenters. The fourth-order valence-corrected chi connectivity index (χ4v) is 2.78. The lowest BCUT2D eigenvalue weighted by atomic mass is 9.97. The van der Waals surface area contributed by atoms with Crippen LogP contribution in [0.2, 0.25) is 0 Å². The minimum Gasteiger partial charge on any atom is -0.503 e. The summed E-state index contributed by atoms with van der Waals surface area (Å²) >= 11 is 0. The molecule has 1 fully saturated rings. The molecule has 3 heteroatoms. The van der Waals surface area contributed by atoms with Crippen LogP contribution in [0.5, 0.6) is 0 Å². The standard InChI is InChI=1S/C14H15NO2/c1-9-4-6-10(7-5-9)12-11-3-2-8-15(11)14(17)13(12)16/h4-7,11,16H,2-3,8H2,1H3. The molecule has 0 bridgehead atoms. The molecule has 1 N–H and O–H groups in total. The summed E-state index contributed by atoms with van der Waals surface area (Å²) in [5, 5.41) is 9.97. The summed E-state index contributed by atoms with van der Waals surface area (Å²) in [7, 11) is 0. The van der Waals surface area contributed by atoms with Crippen molar-refractivity contribution < 1.29 is 9.90 Å². The number of carbonyl (C=O) groups excluding carboxylic acids is 1. The van der Waals surface area contributed by atoms with Gasteiger partial charge >= 0.3 is 0 Å². The van der Waals surface area contributed by atoms with Crippen molar-refractivity contribution in [3.8, 4) is 0 Å². The molecule has 0 spiro atoms. The Morgan fingerprint density at radius 1 is 1.29 bits per heavy atom. The van der Waals surface area contributed by atoms with E-state index < -0.39 is 0 Å². The van der Waals surface area contributed by atoms with E-state index in [1.54, 1.807) is 4.90 Å². The van der Waals surface area contributed by atoms with Crippen molar-refractivity contribution in [2.75, 3.05) is 6.54 Å². The molecule has 0 saturated carbocycles. The van der Waals surface area contributed by atoms with E-state index in [1.807, 2.05) is 31.2 Å². The zero-order valence-electron chi connectivity index (χ0n) is 9.81. The molecule has 2 heterocycles. The Morgan fingerprint density at radius 3 is 2.71 bits per heavy atom. The van der Waals surface area contributed by atoms with Crippen molar-refractivity contribution in [2.45, 2.75) is 25.8 Å². The third-order valence-corrected chi connectivity index (χ3v) is 3.67. The van der Waals surface area contributed by atoms with Gasteiger partial charge in [0.05, 0.1) is 6.04 Å². The first-order chi connectivity index (χ1) is 8.18. The first kappa shape index (κ1) is 10.4. The van der Waals surface area contributed by atoms with Crippen LogP contribution in [0.3, 0.4) is 0 Å². The largest absolute Gasteiger partial charge is 0.503 e. The van der Waals surface area contributed by atoms with Gasteiger partial charge in [0.1, 0.15) is 0 Å². The van der Waals surface area contributed by atoms with Crippen LogP contribution in [-0.2, 0) is 4.79 Å². The van der Waals surface area contributed by atoms with Crippen molar-refractivity contribution in [1.29, 1.82) is 0 Å². The Kier molecular flexibility index (Phi) is 2.21. The Balaban J connectivity index is 2.07. The topological polar surface area (TPSA) is 40.5 Å². The van der Waals surface area contributed by atoms with E-state index in [1.165, 1.54) is 5.56 Å². The van der Waals surface area contributed by atoms with Crippen molar-refractivity contribution >= 4 is 11.5 Å². The minimum atomic E-state index is -0.205. The molecule has 0 radical (unpaired) electrons. The SMILES string of the molecule is Cc1ccc(C2=C(O)C(=O)N3CCCC23)cc1. The van der Waals surface area contributed by atoms with Gasteiger partial charge in [0.25, 0.3) is 5.91 Å². The van der Waals surface area contributed by atoms with Crippen LogP contribution < -0.4 is 0 Å². The molecule has 1 aromatic rings. The van der Waals surface area contributed by atoms with Gasteiger partial charge in [-0.1, -0.05) is 29.8 Å². The Labute approximate surface area is 100 Å². The van der Waals surface area contributed by atoms with Gasteiger partial charge in [-0.3, -0.25) is 4.79 Å². The lowest BCUT2D eigenvalue weighted by Crippen LogP contribution is -2.29. The normalized spacial score (nSPS) is 23.5. The Hall–Kier alpha value is -1.77.